The van der Waals surface area contributed by atoms with Gasteiger partial charge in [-0.2, -0.15) is 0 Å². The normalized spacial score (nSPS) is 10.1. The molecule has 0 saturated heterocycles. The van der Waals surface area contributed by atoms with Crippen molar-refractivity contribution in [1.29, 1.82) is 0 Å². The molecule has 0 radical (unpaired) electrons. The zero-order valence-electron chi connectivity index (χ0n) is 9.88. The number of rotatable bonds is 3. The van der Waals surface area contributed by atoms with E-state index < -0.39 is 5.97 Å². The molecule has 18 heavy (non-hydrogen) atoms. The highest BCUT2D eigenvalue weighted by molar-refractivity contribution is 6.15. The molecular weight excluding hydrogens is 228 g/mol. The van der Waals surface area contributed by atoms with Crippen LogP contribution in [0.15, 0.2) is 48.5 Å². The Labute approximate surface area is 105 Å². The Hall–Kier alpha value is -2.42. The molecule has 3 heteroatoms. The number of hydrogen-bond donors (Lipinski definition) is 1. The SMILES string of the molecule is Cc1cccc(C(=O)O)c1C(=O)c1ccccc1. The maximum atomic E-state index is 12.3. The highest BCUT2D eigenvalue weighted by Gasteiger charge is 2.19. The molecule has 0 aliphatic heterocycles. The van der Waals surface area contributed by atoms with E-state index in [0.717, 1.165) is 0 Å². The molecule has 2 aromatic carbocycles. The van der Waals surface area contributed by atoms with E-state index in [9.17, 15) is 9.59 Å². The molecule has 0 unspecified atom stereocenters. The van der Waals surface area contributed by atoms with Gasteiger partial charge < -0.3 is 5.11 Å². The van der Waals surface area contributed by atoms with Crippen molar-refractivity contribution in [3.05, 3.63) is 70.8 Å². The van der Waals surface area contributed by atoms with Crippen LogP contribution < -0.4 is 0 Å². The van der Waals surface area contributed by atoms with Crippen LogP contribution in [-0.2, 0) is 0 Å². The number of aryl methyl sites for hydroxylation is 1. The van der Waals surface area contributed by atoms with Gasteiger partial charge in [0.2, 0.25) is 0 Å². The van der Waals surface area contributed by atoms with Crippen LogP contribution in [0.1, 0.15) is 31.8 Å². The van der Waals surface area contributed by atoms with Gasteiger partial charge in [0.25, 0.3) is 0 Å². The van der Waals surface area contributed by atoms with Crippen LogP contribution >= 0.6 is 0 Å². The fourth-order valence-electron chi connectivity index (χ4n) is 1.88. The Kier molecular flexibility index (Phi) is 3.24. The van der Waals surface area contributed by atoms with Crippen molar-refractivity contribution >= 4 is 11.8 Å². The fourth-order valence-corrected chi connectivity index (χ4v) is 1.88. The van der Waals surface area contributed by atoms with Gasteiger partial charge in [-0.25, -0.2) is 4.79 Å². The first-order valence-corrected chi connectivity index (χ1v) is 5.54. The van der Waals surface area contributed by atoms with Crippen LogP contribution in [0.25, 0.3) is 0 Å². The number of hydrogen-bond acceptors (Lipinski definition) is 2. The van der Waals surface area contributed by atoms with Gasteiger partial charge in [0, 0.05) is 11.1 Å². The molecule has 0 saturated carbocycles. The number of ketones is 1. The van der Waals surface area contributed by atoms with Crippen molar-refractivity contribution in [2.45, 2.75) is 6.92 Å². The Balaban J connectivity index is 2.58. The lowest BCUT2D eigenvalue weighted by atomic mass is 9.94. The lowest BCUT2D eigenvalue weighted by Gasteiger charge is -2.08. The van der Waals surface area contributed by atoms with Gasteiger partial charge in [-0.05, 0) is 18.6 Å². The highest BCUT2D eigenvalue weighted by atomic mass is 16.4. The molecule has 0 aliphatic rings. The number of carboxylic acids is 1. The molecular formula is C15H12O3. The summed E-state index contributed by atoms with van der Waals surface area (Å²) < 4.78 is 0. The van der Waals surface area contributed by atoms with Gasteiger partial charge in [-0.3, -0.25) is 4.79 Å². The quantitative estimate of drug-likeness (QED) is 0.839. The van der Waals surface area contributed by atoms with Crippen LogP contribution in [0.3, 0.4) is 0 Å². The first-order chi connectivity index (χ1) is 8.61. The van der Waals surface area contributed by atoms with Crippen molar-refractivity contribution in [1.82, 2.24) is 0 Å². The molecule has 0 aromatic heterocycles. The molecule has 0 atom stereocenters. The number of carbonyl (C=O) groups is 2. The van der Waals surface area contributed by atoms with Gasteiger partial charge in [-0.1, -0.05) is 42.5 Å². The molecule has 2 rings (SSSR count). The minimum atomic E-state index is -1.09. The minimum Gasteiger partial charge on any atom is -0.478 e. The van der Waals surface area contributed by atoms with Crippen LogP contribution in [0.4, 0.5) is 0 Å². The van der Waals surface area contributed by atoms with E-state index in [4.69, 9.17) is 5.11 Å². The first-order valence-electron chi connectivity index (χ1n) is 5.54. The summed E-state index contributed by atoms with van der Waals surface area (Å²) in [6.07, 6.45) is 0. The maximum absolute atomic E-state index is 12.3. The third kappa shape index (κ3) is 2.15. The average molecular weight is 240 g/mol. The molecule has 90 valence electrons. The second-order valence-electron chi connectivity index (χ2n) is 4.00. The molecule has 3 nitrogen and oxygen atoms in total. The van der Waals surface area contributed by atoms with Crippen molar-refractivity contribution in [2.75, 3.05) is 0 Å². The fraction of sp³-hybridized carbons (Fsp3) is 0.0667. The Bertz CT molecular complexity index is 600. The van der Waals surface area contributed by atoms with Gasteiger partial charge >= 0.3 is 5.97 Å². The third-order valence-corrected chi connectivity index (χ3v) is 2.77. The van der Waals surface area contributed by atoms with Crippen LogP contribution in [0, 0.1) is 6.92 Å². The first kappa shape index (κ1) is 12.0. The van der Waals surface area contributed by atoms with Gasteiger partial charge in [0.15, 0.2) is 5.78 Å². The monoisotopic (exact) mass is 240 g/mol. The average Bonchev–Trinajstić information content (AvgIpc) is 2.38. The lowest BCUT2D eigenvalue weighted by Crippen LogP contribution is -2.11. The van der Waals surface area contributed by atoms with E-state index in [0.29, 0.717) is 11.1 Å². The number of benzene rings is 2. The minimum absolute atomic E-state index is 0.0452. The predicted octanol–water partition coefficient (Wildman–Crippen LogP) is 2.92. The molecule has 0 amide bonds. The van der Waals surface area contributed by atoms with Gasteiger partial charge in [-0.15, -0.1) is 0 Å². The van der Waals surface area contributed by atoms with Gasteiger partial charge in [0.1, 0.15) is 0 Å². The standard InChI is InChI=1S/C15H12O3/c1-10-6-5-9-12(15(17)18)13(10)14(16)11-7-3-2-4-8-11/h2-9H,1H3,(H,17,18). The Morgan fingerprint density at radius 1 is 0.944 bits per heavy atom. The van der Waals surface area contributed by atoms with E-state index in [1.165, 1.54) is 6.07 Å². The summed E-state index contributed by atoms with van der Waals surface area (Å²) in [7, 11) is 0. The van der Waals surface area contributed by atoms with E-state index in [1.807, 2.05) is 6.07 Å². The smallest absolute Gasteiger partial charge is 0.336 e. The van der Waals surface area contributed by atoms with Gasteiger partial charge in [0.05, 0.1) is 5.56 Å². The number of carbonyl (C=O) groups excluding carboxylic acids is 1. The summed E-state index contributed by atoms with van der Waals surface area (Å²) >= 11 is 0. The Morgan fingerprint density at radius 2 is 1.61 bits per heavy atom. The summed E-state index contributed by atoms with van der Waals surface area (Å²) in [6.45, 7) is 1.74. The summed E-state index contributed by atoms with van der Waals surface area (Å²) in [5.41, 5.74) is 1.47. The van der Waals surface area contributed by atoms with E-state index in [-0.39, 0.29) is 16.9 Å². The molecule has 0 spiro atoms. The van der Waals surface area contributed by atoms with Crippen molar-refractivity contribution in [3.8, 4) is 0 Å². The molecule has 0 bridgehead atoms. The number of aromatic carboxylic acids is 1. The highest BCUT2D eigenvalue weighted by Crippen LogP contribution is 2.18. The lowest BCUT2D eigenvalue weighted by molar-refractivity contribution is 0.0692. The topological polar surface area (TPSA) is 54.4 Å². The van der Waals surface area contributed by atoms with Crippen molar-refractivity contribution in [3.63, 3.8) is 0 Å². The Morgan fingerprint density at radius 3 is 2.22 bits per heavy atom. The van der Waals surface area contributed by atoms with E-state index in [2.05, 4.69) is 0 Å². The zero-order valence-corrected chi connectivity index (χ0v) is 9.88. The predicted molar refractivity (Wildman–Crippen MR) is 68.0 cm³/mol. The molecule has 2 aromatic rings. The van der Waals surface area contributed by atoms with Crippen molar-refractivity contribution in [2.24, 2.45) is 0 Å². The second kappa shape index (κ2) is 4.84. The summed E-state index contributed by atoms with van der Waals surface area (Å²) in [6, 6.07) is 13.5. The third-order valence-electron chi connectivity index (χ3n) is 2.77. The molecule has 0 fully saturated rings. The van der Waals surface area contributed by atoms with Crippen LogP contribution in [0.5, 0.6) is 0 Å². The summed E-state index contributed by atoms with van der Waals surface area (Å²) in [5, 5.41) is 9.13. The van der Waals surface area contributed by atoms with Crippen LogP contribution in [-0.4, -0.2) is 16.9 Å². The van der Waals surface area contributed by atoms with Crippen molar-refractivity contribution < 1.29 is 14.7 Å². The molecule has 0 heterocycles. The summed E-state index contributed by atoms with van der Waals surface area (Å²) in [4.78, 5) is 23.5. The zero-order chi connectivity index (χ0) is 13.1. The maximum Gasteiger partial charge on any atom is 0.336 e. The number of carboxylic acid groups (broad SMARTS) is 1. The summed E-state index contributed by atoms with van der Waals surface area (Å²) in [5.74, 6) is -1.34. The van der Waals surface area contributed by atoms with Crippen LogP contribution in [0.2, 0.25) is 0 Å². The second-order valence-corrected chi connectivity index (χ2v) is 4.00. The van der Waals surface area contributed by atoms with E-state index in [1.54, 1.807) is 43.3 Å². The molecule has 1 N–H and O–H groups in total. The molecule has 0 aliphatic carbocycles. The van der Waals surface area contributed by atoms with E-state index >= 15 is 0 Å². The largest absolute Gasteiger partial charge is 0.478 e.